The summed E-state index contributed by atoms with van der Waals surface area (Å²) in [6.07, 6.45) is 9.39. The van der Waals surface area contributed by atoms with Crippen LogP contribution in [0, 0.1) is 0 Å². The first-order chi connectivity index (χ1) is 9.68. The molecule has 2 aliphatic heterocycles. The summed E-state index contributed by atoms with van der Waals surface area (Å²) in [7, 11) is 0. The van der Waals surface area contributed by atoms with Gasteiger partial charge in [-0.2, -0.15) is 0 Å². The van der Waals surface area contributed by atoms with Gasteiger partial charge in [-0.25, -0.2) is 0 Å². The summed E-state index contributed by atoms with van der Waals surface area (Å²) in [6.45, 7) is 0.858. The van der Waals surface area contributed by atoms with Gasteiger partial charge in [0.05, 0.1) is 16.3 Å². The molecule has 4 nitrogen and oxygen atoms in total. The lowest BCUT2D eigenvalue weighted by atomic mass is 9.95. The van der Waals surface area contributed by atoms with Gasteiger partial charge in [0, 0.05) is 36.3 Å². The van der Waals surface area contributed by atoms with Crippen molar-refractivity contribution in [3.8, 4) is 0 Å². The quantitative estimate of drug-likeness (QED) is 0.908. The van der Waals surface area contributed by atoms with Crippen molar-refractivity contribution in [3.05, 3.63) is 58.7 Å². The smallest absolute Gasteiger partial charge is 0.252 e. The van der Waals surface area contributed by atoms with Gasteiger partial charge in [-0.1, -0.05) is 23.7 Å². The normalized spacial score (nSPS) is 18.4. The third-order valence-electron chi connectivity index (χ3n) is 3.47. The van der Waals surface area contributed by atoms with E-state index in [9.17, 15) is 4.79 Å². The first-order valence-electron chi connectivity index (χ1n) is 6.48. The second-order valence-electron chi connectivity index (χ2n) is 4.76. The first-order valence-corrected chi connectivity index (χ1v) is 6.85. The molecule has 0 unspecified atom stereocenters. The molecule has 0 aliphatic carbocycles. The predicted octanol–water partition coefficient (Wildman–Crippen LogP) is 2.39. The van der Waals surface area contributed by atoms with Crippen LogP contribution in [0.4, 0.5) is 0 Å². The number of carbonyl (C=O) groups is 1. The Kier molecular flexibility index (Phi) is 3.32. The van der Waals surface area contributed by atoms with Crippen LogP contribution in [0.5, 0.6) is 0 Å². The van der Waals surface area contributed by atoms with Crippen LogP contribution < -0.4 is 5.73 Å². The molecule has 1 aromatic rings. The van der Waals surface area contributed by atoms with Crippen LogP contribution in [-0.2, 0) is 4.79 Å². The van der Waals surface area contributed by atoms with Crippen molar-refractivity contribution in [2.24, 2.45) is 5.73 Å². The Labute approximate surface area is 122 Å². The minimum Gasteiger partial charge on any atom is -0.365 e. The van der Waals surface area contributed by atoms with Crippen molar-refractivity contribution < 1.29 is 4.79 Å². The highest BCUT2D eigenvalue weighted by atomic mass is 35.5. The number of rotatable bonds is 2. The number of hydrogen-bond acceptors (Lipinski definition) is 3. The Morgan fingerprint density at radius 2 is 2.30 bits per heavy atom. The van der Waals surface area contributed by atoms with Crippen molar-refractivity contribution in [1.29, 1.82) is 0 Å². The molecule has 5 heteroatoms. The van der Waals surface area contributed by atoms with E-state index in [0.717, 1.165) is 36.2 Å². The van der Waals surface area contributed by atoms with Crippen LogP contribution in [-0.4, -0.2) is 22.3 Å². The molecular formula is C15H14ClN3O. The summed E-state index contributed by atoms with van der Waals surface area (Å²) in [4.78, 5) is 17.9. The fourth-order valence-electron chi connectivity index (χ4n) is 2.54. The SMILES string of the molecule is NC(=O)C1=C(Cl)C(c2cccnc2)=CN2CCCC=C12. The molecule has 1 aromatic heterocycles. The van der Waals surface area contributed by atoms with Crippen molar-refractivity contribution in [1.82, 2.24) is 9.88 Å². The van der Waals surface area contributed by atoms with E-state index in [1.54, 1.807) is 12.4 Å². The molecule has 0 atom stereocenters. The van der Waals surface area contributed by atoms with Crippen molar-refractivity contribution in [3.63, 3.8) is 0 Å². The van der Waals surface area contributed by atoms with Crippen LogP contribution in [0.1, 0.15) is 18.4 Å². The maximum Gasteiger partial charge on any atom is 0.252 e. The van der Waals surface area contributed by atoms with E-state index in [0.29, 0.717) is 10.6 Å². The highest BCUT2D eigenvalue weighted by molar-refractivity contribution is 6.39. The number of allylic oxidation sites excluding steroid dienone is 3. The summed E-state index contributed by atoms with van der Waals surface area (Å²) in [5.41, 5.74) is 8.39. The van der Waals surface area contributed by atoms with Gasteiger partial charge in [-0.15, -0.1) is 0 Å². The second kappa shape index (κ2) is 5.13. The zero-order valence-electron chi connectivity index (χ0n) is 10.8. The summed E-state index contributed by atoms with van der Waals surface area (Å²) in [5.74, 6) is -0.498. The Hall–Kier alpha value is -2.07. The number of fused-ring (bicyclic) bond motifs is 1. The largest absolute Gasteiger partial charge is 0.365 e. The van der Waals surface area contributed by atoms with Gasteiger partial charge in [0.2, 0.25) is 0 Å². The van der Waals surface area contributed by atoms with Crippen LogP contribution >= 0.6 is 11.6 Å². The average molecular weight is 288 g/mol. The minimum absolute atomic E-state index is 0.396. The van der Waals surface area contributed by atoms with E-state index in [1.807, 2.05) is 29.3 Å². The molecule has 0 bridgehead atoms. The molecular weight excluding hydrogens is 274 g/mol. The Morgan fingerprint density at radius 3 is 3.00 bits per heavy atom. The zero-order valence-corrected chi connectivity index (χ0v) is 11.6. The molecule has 0 saturated carbocycles. The maximum absolute atomic E-state index is 11.8. The van der Waals surface area contributed by atoms with Gasteiger partial charge in [0.25, 0.3) is 5.91 Å². The molecule has 0 saturated heterocycles. The third kappa shape index (κ3) is 2.12. The molecule has 0 fully saturated rings. The summed E-state index contributed by atoms with van der Waals surface area (Å²) >= 11 is 6.41. The lowest BCUT2D eigenvalue weighted by Gasteiger charge is -2.33. The molecule has 0 spiro atoms. The number of nitrogens with two attached hydrogens (primary N) is 1. The van der Waals surface area contributed by atoms with E-state index >= 15 is 0 Å². The van der Waals surface area contributed by atoms with E-state index < -0.39 is 5.91 Å². The van der Waals surface area contributed by atoms with Crippen molar-refractivity contribution >= 4 is 23.1 Å². The van der Waals surface area contributed by atoms with E-state index in [1.165, 1.54) is 0 Å². The van der Waals surface area contributed by atoms with Gasteiger partial charge in [-0.05, 0) is 18.9 Å². The molecule has 0 aromatic carbocycles. The van der Waals surface area contributed by atoms with Gasteiger partial charge >= 0.3 is 0 Å². The van der Waals surface area contributed by atoms with Crippen LogP contribution in [0.2, 0.25) is 0 Å². The molecule has 2 N–H and O–H groups in total. The van der Waals surface area contributed by atoms with Crippen LogP contribution in [0.3, 0.4) is 0 Å². The van der Waals surface area contributed by atoms with Crippen LogP contribution in [0.15, 0.2) is 53.1 Å². The third-order valence-corrected chi connectivity index (χ3v) is 3.86. The molecule has 102 valence electrons. The lowest BCUT2D eigenvalue weighted by molar-refractivity contribution is -0.114. The van der Waals surface area contributed by atoms with Crippen molar-refractivity contribution in [2.75, 3.05) is 6.54 Å². The Balaban J connectivity index is 2.16. The molecule has 20 heavy (non-hydrogen) atoms. The van der Waals surface area contributed by atoms with Gasteiger partial charge < -0.3 is 10.6 Å². The van der Waals surface area contributed by atoms with E-state index in [4.69, 9.17) is 17.3 Å². The molecule has 2 aliphatic rings. The number of hydrogen-bond donors (Lipinski definition) is 1. The second-order valence-corrected chi connectivity index (χ2v) is 5.14. The van der Waals surface area contributed by atoms with Crippen molar-refractivity contribution in [2.45, 2.75) is 12.8 Å². The molecule has 3 rings (SSSR count). The minimum atomic E-state index is -0.498. The number of pyridine rings is 1. The first kappa shape index (κ1) is 12.9. The standard InChI is InChI=1S/C15H14ClN3O/c16-14-11(10-4-3-6-18-8-10)9-19-7-2-1-5-12(19)13(14)15(17)20/h3-6,8-9H,1-2,7H2,(H2,17,20). The lowest BCUT2D eigenvalue weighted by Crippen LogP contribution is -2.31. The summed E-state index contributed by atoms with van der Waals surface area (Å²) in [6, 6.07) is 3.75. The molecule has 0 radical (unpaired) electrons. The summed E-state index contributed by atoms with van der Waals surface area (Å²) < 4.78 is 0. The topological polar surface area (TPSA) is 59.2 Å². The highest BCUT2D eigenvalue weighted by Gasteiger charge is 2.29. The Bertz CT molecular complexity index is 646. The maximum atomic E-state index is 11.8. The average Bonchev–Trinajstić information content (AvgIpc) is 2.47. The number of amides is 1. The molecule has 1 amide bonds. The molecule has 3 heterocycles. The van der Waals surface area contributed by atoms with Gasteiger partial charge in [0.1, 0.15) is 0 Å². The zero-order chi connectivity index (χ0) is 14.1. The number of primary amides is 1. The number of nitrogens with zero attached hydrogens (tertiary/aromatic N) is 2. The van der Waals surface area contributed by atoms with Gasteiger partial charge in [-0.3, -0.25) is 9.78 Å². The fraction of sp³-hybridized carbons (Fsp3) is 0.200. The van der Waals surface area contributed by atoms with E-state index in [2.05, 4.69) is 4.98 Å². The number of halogens is 1. The summed E-state index contributed by atoms with van der Waals surface area (Å²) in [5, 5.41) is 0.398. The van der Waals surface area contributed by atoms with Crippen LogP contribution in [0.25, 0.3) is 5.57 Å². The monoisotopic (exact) mass is 287 g/mol. The van der Waals surface area contributed by atoms with Gasteiger partial charge in [0.15, 0.2) is 0 Å². The Morgan fingerprint density at radius 1 is 1.45 bits per heavy atom. The predicted molar refractivity (Wildman–Crippen MR) is 78.3 cm³/mol. The number of aromatic nitrogens is 1. The fourth-order valence-corrected chi connectivity index (χ4v) is 2.88. The highest BCUT2D eigenvalue weighted by Crippen LogP contribution is 2.38. The van der Waals surface area contributed by atoms with E-state index in [-0.39, 0.29) is 0 Å². The number of carbonyl (C=O) groups excluding carboxylic acids is 1.